The minimum atomic E-state index is 0.265. The molecule has 1 atom stereocenters. The Morgan fingerprint density at radius 3 is 2.97 bits per heavy atom. The van der Waals surface area contributed by atoms with E-state index in [2.05, 4.69) is 42.4 Å². The van der Waals surface area contributed by atoms with Gasteiger partial charge in [-0.3, -0.25) is 4.98 Å². The first kappa shape index (κ1) is 17.5. The van der Waals surface area contributed by atoms with Crippen molar-refractivity contribution in [3.63, 3.8) is 0 Å². The summed E-state index contributed by atoms with van der Waals surface area (Å²) in [5, 5.41) is 16.4. The third-order valence-corrected chi connectivity index (χ3v) is 5.35. The van der Waals surface area contributed by atoms with Crippen molar-refractivity contribution < 1.29 is 0 Å². The lowest BCUT2D eigenvalue weighted by Gasteiger charge is -2.19. The van der Waals surface area contributed by atoms with Crippen LogP contribution in [0.5, 0.6) is 0 Å². The number of pyridine rings is 1. The molecule has 9 heteroatoms. The van der Waals surface area contributed by atoms with E-state index in [0.29, 0.717) is 0 Å². The van der Waals surface area contributed by atoms with Crippen LogP contribution in [0, 0.1) is 13.8 Å². The second-order valence-corrected chi connectivity index (χ2v) is 7.24. The van der Waals surface area contributed by atoms with Crippen LogP contribution >= 0.6 is 0 Å². The first-order valence-corrected chi connectivity index (χ1v) is 9.61. The third kappa shape index (κ3) is 3.24. The van der Waals surface area contributed by atoms with E-state index in [9.17, 15) is 0 Å². The van der Waals surface area contributed by atoms with E-state index >= 15 is 0 Å². The van der Waals surface area contributed by atoms with Gasteiger partial charge in [0.05, 0.1) is 17.1 Å². The van der Waals surface area contributed by atoms with Crippen LogP contribution in [0.1, 0.15) is 17.7 Å². The Kier molecular flexibility index (Phi) is 4.27. The summed E-state index contributed by atoms with van der Waals surface area (Å²) in [6.07, 6.45) is 8.01. The lowest BCUT2D eigenvalue weighted by Crippen LogP contribution is -2.28. The molecule has 0 aliphatic carbocycles. The van der Waals surface area contributed by atoms with Gasteiger partial charge in [0.15, 0.2) is 0 Å². The van der Waals surface area contributed by atoms with Crippen LogP contribution in [-0.2, 0) is 0 Å². The summed E-state index contributed by atoms with van der Waals surface area (Å²) in [4.78, 5) is 15.6. The average Bonchev–Trinajstić information content (AvgIpc) is 3.41. The summed E-state index contributed by atoms with van der Waals surface area (Å²) in [7, 11) is 0. The summed E-state index contributed by atoms with van der Waals surface area (Å²) >= 11 is 0. The Bertz CT molecular complexity index is 1160. The van der Waals surface area contributed by atoms with Crippen molar-refractivity contribution >= 4 is 17.3 Å². The Morgan fingerprint density at radius 2 is 2.10 bits per heavy atom. The highest BCUT2D eigenvalue weighted by molar-refractivity contribution is 5.71. The molecule has 29 heavy (non-hydrogen) atoms. The minimum absolute atomic E-state index is 0.265. The molecule has 0 aromatic carbocycles. The van der Waals surface area contributed by atoms with Gasteiger partial charge in [-0.15, -0.1) is 10.2 Å². The second kappa shape index (κ2) is 7.08. The summed E-state index contributed by atoms with van der Waals surface area (Å²) in [5.41, 5.74) is 5.67. The van der Waals surface area contributed by atoms with Crippen molar-refractivity contribution in [2.45, 2.75) is 26.3 Å². The number of nitrogens with zero attached hydrogens (tertiary/aromatic N) is 8. The molecular formula is C20H21N9. The van der Waals surface area contributed by atoms with Crippen LogP contribution in [0.2, 0.25) is 0 Å². The number of fused-ring (bicyclic) bond motifs is 1. The van der Waals surface area contributed by atoms with Gasteiger partial charge in [-0.2, -0.15) is 9.61 Å². The highest BCUT2D eigenvalue weighted by atomic mass is 15.4. The molecule has 0 amide bonds. The van der Waals surface area contributed by atoms with Crippen molar-refractivity contribution in [1.29, 1.82) is 0 Å². The first-order chi connectivity index (χ1) is 14.2. The molecule has 1 N–H and O–H groups in total. The molecule has 5 rings (SSSR count). The van der Waals surface area contributed by atoms with Crippen molar-refractivity contribution in [3.05, 3.63) is 54.4 Å². The predicted molar refractivity (Wildman–Crippen MR) is 110 cm³/mol. The van der Waals surface area contributed by atoms with E-state index in [4.69, 9.17) is 4.98 Å². The SMILES string of the molecule is Cc1nn2cnnc2c(NC2CCN(c3nccc(-c4cccnc4)n3)C2)c1C. The molecule has 146 valence electrons. The lowest BCUT2D eigenvalue weighted by molar-refractivity contribution is 0.796. The minimum Gasteiger partial charge on any atom is -0.377 e. The topological polar surface area (TPSA) is 97.0 Å². The molecule has 5 heterocycles. The normalized spacial score (nSPS) is 16.5. The Labute approximate surface area is 167 Å². The van der Waals surface area contributed by atoms with Gasteiger partial charge in [0, 0.05) is 43.3 Å². The molecule has 0 saturated carbocycles. The molecule has 1 aliphatic rings. The van der Waals surface area contributed by atoms with E-state index < -0.39 is 0 Å². The Balaban J connectivity index is 1.37. The fourth-order valence-corrected chi connectivity index (χ4v) is 3.67. The van der Waals surface area contributed by atoms with Crippen molar-refractivity contribution in [3.8, 4) is 11.3 Å². The monoisotopic (exact) mass is 387 g/mol. The fraction of sp³-hybridized carbons (Fsp3) is 0.300. The average molecular weight is 387 g/mol. The van der Waals surface area contributed by atoms with E-state index in [1.54, 1.807) is 17.0 Å². The quantitative estimate of drug-likeness (QED) is 0.570. The van der Waals surface area contributed by atoms with Gasteiger partial charge < -0.3 is 10.2 Å². The summed E-state index contributed by atoms with van der Waals surface area (Å²) in [5.74, 6) is 0.742. The van der Waals surface area contributed by atoms with Crippen LogP contribution in [-0.4, -0.2) is 53.9 Å². The van der Waals surface area contributed by atoms with Gasteiger partial charge in [-0.1, -0.05) is 0 Å². The predicted octanol–water partition coefficient (Wildman–Crippen LogP) is 2.28. The van der Waals surface area contributed by atoms with Crippen molar-refractivity contribution in [2.24, 2.45) is 0 Å². The molecule has 1 saturated heterocycles. The lowest BCUT2D eigenvalue weighted by atomic mass is 10.1. The van der Waals surface area contributed by atoms with Crippen LogP contribution in [0.3, 0.4) is 0 Å². The van der Waals surface area contributed by atoms with E-state index in [1.807, 2.05) is 37.5 Å². The van der Waals surface area contributed by atoms with Crippen LogP contribution in [0.4, 0.5) is 11.6 Å². The van der Waals surface area contributed by atoms with E-state index in [0.717, 1.165) is 59.3 Å². The molecule has 4 aromatic heterocycles. The van der Waals surface area contributed by atoms with Crippen LogP contribution in [0.15, 0.2) is 43.1 Å². The zero-order valence-electron chi connectivity index (χ0n) is 16.3. The third-order valence-electron chi connectivity index (χ3n) is 5.35. The van der Waals surface area contributed by atoms with Crippen molar-refractivity contribution in [1.82, 2.24) is 34.8 Å². The van der Waals surface area contributed by atoms with Gasteiger partial charge >= 0.3 is 0 Å². The number of anilines is 2. The summed E-state index contributed by atoms with van der Waals surface area (Å²) in [6.45, 7) is 5.77. The van der Waals surface area contributed by atoms with Gasteiger partial charge in [-0.25, -0.2) is 9.97 Å². The van der Waals surface area contributed by atoms with Crippen LogP contribution < -0.4 is 10.2 Å². The summed E-state index contributed by atoms with van der Waals surface area (Å²) < 4.78 is 1.72. The number of hydrogen-bond donors (Lipinski definition) is 1. The van der Waals surface area contributed by atoms with E-state index in [1.165, 1.54) is 0 Å². The first-order valence-electron chi connectivity index (χ1n) is 9.61. The molecule has 0 radical (unpaired) electrons. The summed E-state index contributed by atoms with van der Waals surface area (Å²) in [6, 6.07) is 6.10. The molecule has 9 nitrogen and oxygen atoms in total. The van der Waals surface area contributed by atoms with E-state index in [-0.39, 0.29) is 6.04 Å². The maximum absolute atomic E-state index is 4.75. The zero-order chi connectivity index (χ0) is 19.8. The number of aryl methyl sites for hydroxylation is 1. The highest BCUT2D eigenvalue weighted by Crippen LogP contribution is 2.26. The Hall–Kier alpha value is -3.62. The van der Waals surface area contributed by atoms with Gasteiger partial charge in [-0.05, 0) is 44.0 Å². The number of rotatable bonds is 4. The molecule has 1 aliphatic heterocycles. The van der Waals surface area contributed by atoms with Gasteiger partial charge in [0.1, 0.15) is 6.33 Å². The second-order valence-electron chi connectivity index (χ2n) is 7.24. The van der Waals surface area contributed by atoms with Gasteiger partial charge in [0.2, 0.25) is 11.6 Å². The molecule has 0 bridgehead atoms. The standard InChI is InChI=1S/C20H21N9/c1-13-14(2)27-29-12-23-26-19(29)18(13)24-16-6-9-28(11-16)20-22-8-5-17(25-20)15-4-3-7-21-10-15/h3-5,7-8,10,12,16,24H,6,9,11H2,1-2H3. The molecular weight excluding hydrogens is 366 g/mol. The molecule has 1 unspecified atom stereocenters. The molecule has 1 fully saturated rings. The van der Waals surface area contributed by atoms with Crippen molar-refractivity contribution in [2.75, 3.05) is 23.3 Å². The number of hydrogen-bond acceptors (Lipinski definition) is 8. The van der Waals surface area contributed by atoms with Gasteiger partial charge in [0.25, 0.3) is 0 Å². The maximum atomic E-state index is 4.75. The number of aromatic nitrogens is 7. The highest BCUT2D eigenvalue weighted by Gasteiger charge is 2.26. The zero-order valence-corrected chi connectivity index (χ0v) is 16.3. The largest absolute Gasteiger partial charge is 0.377 e. The number of nitrogens with one attached hydrogen (secondary N) is 1. The molecule has 4 aromatic rings. The van der Waals surface area contributed by atoms with Crippen LogP contribution in [0.25, 0.3) is 16.9 Å². The molecule has 0 spiro atoms. The maximum Gasteiger partial charge on any atom is 0.225 e. The fourth-order valence-electron chi connectivity index (χ4n) is 3.67. The Morgan fingerprint density at radius 1 is 1.17 bits per heavy atom. The smallest absolute Gasteiger partial charge is 0.225 e.